The zero-order valence-corrected chi connectivity index (χ0v) is 21.7. The molecule has 3 atom stereocenters. The first-order chi connectivity index (χ1) is 19.0. The zero-order chi connectivity index (χ0) is 26.2. The molecule has 0 saturated heterocycles. The summed E-state index contributed by atoms with van der Waals surface area (Å²) in [5.74, 6) is 0.780. The number of benzene rings is 2. The van der Waals surface area contributed by atoms with Gasteiger partial charge >= 0.3 is 0 Å². The van der Waals surface area contributed by atoms with Gasteiger partial charge in [-0.25, -0.2) is 0 Å². The molecule has 4 heterocycles. The molecular formula is C31H23ClN6O. The van der Waals surface area contributed by atoms with Crippen molar-refractivity contribution in [2.75, 3.05) is 0 Å². The van der Waals surface area contributed by atoms with Gasteiger partial charge in [0.15, 0.2) is 0 Å². The summed E-state index contributed by atoms with van der Waals surface area (Å²) in [7, 11) is 0. The Morgan fingerprint density at radius 2 is 1.92 bits per heavy atom. The Labute approximate surface area is 229 Å². The second kappa shape index (κ2) is 8.32. The van der Waals surface area contributed by atoms with Crippen LogP contribution in [0.15, 0.2) is 89.1 Å². The Balaban J connectivity index is 1.12. The fourth-order valence-electron chi connectivity index (χ4n) is 6.47. The highest BCUT2D eigenvalue weighted by atomic mass is 35.5. The van der Waals surface area contributed by atoms with E-state index in [-0.39, 0.29) is 11.6 Å². The van der Waals surface area contributed by atoms with Gasteiger partial charge in [0, 0.05) is 46.6 Å². The van der Waals surface area contributed by atoms with Crippen LogP contribution in [-0.4, -0.2) is 30.5 Å². The third kappa shape index (κ3) is 3.61. The van der Waals surface area contributed by atoms with Crippen LogP contribution in [0.2, 0.25) is 5.02 Å². The summed E-state index contributed by atoms with van der Waals surface area (Å²) in [6.07, 6.45) is 10.5. The van der Waals surface area contributed by atoms with E-state index in [0.29, 0.717) is 16.9 Å². The SMILES string of the molecule is C=C1C=Cc2cc(C3=CN=C(C4C5CC5c5cc(-c6cc(Cl)ccc6-n6cnnn6)cc(=O)n54)C3)ccc2C1. The van der Waals surface area contributed by atoms with Crippen molar-refractivity contribution in [1.82, 2.24) is 24.8 Å². The van der Waals surface area contributed by atoms with Crippen molar-refractivity contribution in [2.45, 2.75) is 31.2 Å². The van der Waals surface area contributed by atoms with Crippen LogP contribution in [0.1, 0.15) is 47.2 Å². The standard InChI is InChI=1S/C31H23ClN6O/c1-17-2-3-19-9-20(5-4-18(19)8-17)22-10-27(33-15-22)31-26-14-25(26)29-11-21(12-30(39)38(29)31)24-13-23(32)6-7-28(24)37-16-34-35-36-37/h2-7,9,11-13,15-16,25-26,31H,1,8,10,14H2. The van der Waals surface area contributed by atoms with Crippen LogP contribution in [0.5, 0.6) is 0 Å². The van der Waals surface area contributed by atoms with Crippen molar-refractivity contribution in [3.05, 3.63) is 117 Å². The first-order valence-corrected chi connectivity index (χ1v) is 13.5. The largest absolute Gasteiger partial charge is 0.303 e. The predicted molar refractivity (Wildman–Crippen MR) is 152 cm³/mol. The molecule has 190 valence electrons. The van der Waals surface area contributed by atoms with Gasteiger partial charge in [-0.05, 0) is 87.3 Å². The van der Waals surface area contributed by atoms with Gasteiger partial charge in [0.1, 0.15) is 6.33 Å². The fourth-order valence-corrected chi connectivity index (χ4v) is 6.64. The zero-order valence-electron chi connectivity index (χ0n) is 21.0. The second-order valence-corrected chi connectivity index (χ2v) is 11.2. The predicted octanol–water partition coefficient (Wildman–Crippen LogP) is 5.81. The number of aliphatic imine (C=N–C) groups is 1. The first kappa shape index (κ1) is 22.6. The van der Waals surface area contributed by atoms with Crippen LogP contribution >= 0.6 is 11.6 Å². The molecule has 8 heteroatoms. The minimum Gasteiger partial charge on any atom is -0.303 e. The Morgan fingerprint density at radius 3 is 2.79 bits per heavy atom. The van der Waals surface area contributed by atoms with Crippen molar-refractivity contribution in [1.29, 1.82) is 0 Å². The summed E-state index contributed by atoms with van der Waals surface area (Å²) in [4.78, 5) is 18.5. The Hall–Kier alpha value is -4.36. The van der Waals surface area contributed by atoms with Crippen LogP contribution in [-0.2, 0) is 6.42 Å². The average molecular weight is 531 g/mol. The van der Waals surface area contributed by atoms with Crippen LogP contribution in [0.4, 0.5) is 0 Å². The number of halogens is 1. The van der Waals surface area contributed by atoms with Crippen LogP contribution < -0.4 is 5.56 Å². The lowest BCUT2D eigenvalue weighted by Crippen LogP contribution is -2.29. The van der Waals surface area contributed by atoms with E-state index in [1.807, 2.05) is 22.9 Å². The summed E-state index contributed by atoms with van der Waals surface area (Å²) >= 11 is 6.37. The quantitative estimate of drug-likeness (QED) is 0.333. The molecule has 0 bridgehead atoms. The van der Waals surface area contributed by atoms with E-state index in [9.17, 15) is 4.79 Å². The smallest absolute Gasteiger partial charge is 0.251 e. The summed E-state index contributed by atoms with van der Waals surface area (Å²) in [6.45, 7) is 4.09. The number of nitrogens with zero attached hydrogens (tertiary/aromatic N) is 6. The molecule has 2 aromatic carbocycles. The van der Waals surface area contributed by atoms with Gasteiger partial charge in [0.05, 0.1) is 11.7 Å². The average Bonchev–Trinajstić information content (AvgIpc) is 3.28. The number of allylic oxidation sites excluding steroid dienone is 3. The van der Waals surface area contributed by atoms with Crippen molar-refractivity contribution < 1.29 is 0 Å². The van der Waals surface area contributed by atoms with Gasteiger partial charge in [0.25, 0.3) is 5.56 Å². The number of hydrogen-bond donors (Lipinski definition) is 0. The molecule has 7 nitrogen and oxygen atoms in total. The molecule has 2 aliphatic carbocycles. The van der Waals surface area contributed by atoms with Crippen LogP contribution in [0.25, 0.3) is 28.5 Å². The van der Waals surface area contributed by atoms with Gasteiger partial charge in [-0.3, -0.25) is 9.79 Å². The molecule has 8 rings (SSSR count). The molecule has 0 radical (unpaired) electrons. The third-order valence-electron chi connectivity index (χ3n) is 8.40. The monoisotopic (exact) mass is 530 g/mol. The molecule has 1 fully saturated rings. The van der Waals surface area contributed by atoms with Crippen molar-refractivity contribution in [3.8, 4) is 16.8 Å². The molecule has 0 spiro atoms. The third-order valence-corrected chi connectivity index (χ3v) is 8.63. The molecule has 3 unspecified atom stereocenters. The number of fused-ring (bicyclic) bond motifs is 4. The highest BCUT2D eigenvalue weighted by Crippen LogP contribution is 2.60. The first-order valence-electron chi connectivity index (χ1n) is 13.1. The van der Waals surface area contributed by atoms with E-state index < -0.39 is 0 Å². The van der Waals surface area contributed by atoms with Crippen molar-refractivity contribution >= 4 is 29.0 Å². The summed E-state index contributed by atoms with van der Waals surface area (Å²) in [6, 6.07) is 16.0. The summed E-state index contributed by atoms with van der Waals surface area (Å²) in [5, 5.41) is 12.2. The Kier molecular flexibility index (Phi) is 4.82. The fraction of sp³-hybridized carbons (Fsp3) is 0.194. The molecule has 4 aliphatic rings. The van der Waals surface area contributed by atoms with Crippen molar-refractivity contribution in [2.24, 2.45) is 10.9 Å². The Morgan fingerprint density at radius 1 is 1.00 bits per heavy atom. The normalized spacial score (nSPS) is 22.3. The maximum absolute atomic E-state index is 13.7. The molecule has 39 heavy (non-hydrogen) atoms. The van der Waals surface area contributed by atoms with Gasteiger partial charge < -0.3 is 4.57 Å². The number of aromatic nitrogens is 5. The van der Waals surface area contributed by atoms with E-state index in [4.69, 9.17) is 16.6 Å². The molecule has 2 aromatic heterocycles. The molecule has 0 amide bonds. The minimum absolute atomic E-state index is 0.000468. The molecule has 1 saturated carbocycles. The van der Waals surface area contributed by atoms with Gasteiger partial charge in [-0.1, -0.05) is 48.0 Å². The summed E-state index contributed by atoms with van der Waals surface area (Å²) in [5.41, 5.74) is 10.6. The van der Waals surface area contributed by atoms with E-state index >= 15 is 0 Å². The van der Waals surface area contributed by atoms with Crippen LogP contribution in [0, 0.1) is 5.92 Å². The molecule has 0 N–H and O–H groups in total. The number of tetrazole rings is 1. The molecule has 4 aromatic rings. The maximum Gasteiger partial charge on any atom is 0.251 e. The van der Waals surface area contributed by atoms with Gasteiger partial charge in [-0.15, -0.1) is 5.10 Å². The molecule has 2 aliphatic heterocycles. The second-order valence-electron chi connectivity index (χ2n) is 10.8. The number of pyridine rings is 1. The van der Waals surface area contributed by atoms with Gasteiger partial charge in [-0.2, -0.15) is 4.68 Å². The van der Waals surface area contributed by atoms with Crippen molar-refractivity contribution in [3.63, 3.8) is 0 Å². The summed E-state index contributed by atoms with van der Waals surface area (Å²) < 4.78 is 3.56. The highest BCUT2D eigenvalue weighted by molar-refractivity contribution is 6.31. The van der Waals surface area contributed by atoms with Crippen LogP contribution in [0.3, 0.4) is 0 Å². The van der Waals surface area contributed by atoms with E-state index in [1.54, 1.807) is 16.8 Å². The lowest BCUT2D eigenvalue weighted by atomic mass is 9.90. The van der Waals surface area contributed by atoms with E-state index in [2.05, 4.69) is 58.5 Å². The lowest BCUT2D eigenvalue weighted by Gasteiger charge is -2.20. The minimum atomic E-state index is -0.0161. The molecular weight excluding hydrogens is 508 g/mol. The van der Waals surface area contributed by atoms with E-state index in [1.165, 1.54) is 28.6 Å². The number of hydrogen-bond acceptors (Lipinski definition) is 5. The highest BCUT2D eigenvalue weighted by Gasteiger charge is 2.54. The number of rotatable bonds is 4. The van der Waals surface area contributed by atoms with E-state index in [0.717, 1.165) is 53.1 Å². The maximum atomic E-state index is 13.7. The van der Waals surface area contributed by atoms with Gasteiger partial charge in [0.2, 0.25) is 0 Å². The lowest BCUT2D eigenvalue weighted by molar-refractivity contribution is 0.584. The topological polar surface area (TPSA) is 78.0 Å². The Bertz CT molecular complexity index is 1860.